The number of pyridine rings is 1. The van der Waals surface area contributed by atoms with Crippen molar-refractivity contribution in [1.82, 2.24) is 19.9 Å². The number of imidazole rings is 1. The average Bonchev–Trinajstić information content (AvgIpc) is 3.11. The van der Waals surface area contributed by atoms with E-state index < -0.39 is 0 Å². The van der Waals surface area contributed by atoms with Crippen LogP contribution >= 0.6 is 11.6 Å². The third-order valence-corrected chi connectivity index (χ3v) is 4.01. The van der Waals surface area contributed by atoms with E-state index in [1.54, 1.807) is 30.9 Å². The van der Waals surface area contributed by atoms with Crippen molar-refractivity contribution >= 4 is 23.3 Å². The zero-order valence-electron chi connectivity index (χ0n) is 11.4. The van der Waals surface area contributed by atoms with E-state index in [0.717, 1.165) is 19.3 Å². The van der Waals surface area contributed by atoms with E-state index in [1.807, 2.05) is 6.20 Å². The Kier molecular flexibility index (Phi) is 4.06. The van der Waals surface area contributed by atoms with Crippen LogP contribution in [0.5, 0.6) is 0 Å². The number of urea groups is 1. The van der Waals surface area contributed by atoms with Crippen molar-refractivity contribution in [3.8, 4) is 0 Å². The molecule has 0 radical (unpaired) electrons. The standard InChI is InChI=1S/C14H16ClN5O/c15-13-11(4-2-6-17-13)19-14(21)18-10-3-1-5-12(10)20-8-7-16-9-20/h2,4,6-10,12H,1,3,5H2,(H2,18,19,21)/t10-,12-/m0/s1. The first-order chi connectivity index (χ1) is 10.2. The van der Waals surface area contributed by atoms with Crippen LogP contribution in [0.25, 0.3) is 0 Å². The molecule has 2 atom stereocenters. The largest absolute Gasteiger partial charge is 0.333 e. The Morgan fingerprint density at radius 1 is 1.38 bits per heavy atom. The van der Waals surface area contributed by atoms with Gasteiger partial charge in [0, 0.05) is 18.6 Å². The molecule has 0 bridgehead atoms. The van der Waals surface area contributed by atoms with Crippen molar-refractivity contribution in [3.05, 3.63) is 42.2 Å². The van der Waals surface area contributed by atoms with Crippen LogP contribution in [0.2, 0.25) is 5.15 Å². The molecule has 1 aliphatic carbocycles. The zero-order valence-corrected chi connectivity index (χ0v) is 12.1. The van der Waals surface area contributed by atoms with Gasteiger partial charge in [0.15, 0.2) is 5.15 Å². The van der Waals surface area contributed by atoms with E-state index in [-0.39, 0.29) is 23.3 Å². The topological polar surface area (TPSA) is 71.8 Å². The molecule has 2 aromatic heterocycles. The predicted molar refractivity (Wildman–Crippen MR) is 80.3 cm³/mol. The summed E-state index contributed by atoms with van der Waals surface area (Å²) >= 11 is 5.93. The second-order valence-electron chi connectivity index (χ2n) is 5.05. The second kappa shape index (κ2) is 6.13. The van der Waals surface area contributed by atoms with Gasteiger partial charge in [-0.05, 0) is 31.4 Å². The number of carbonyl (C=O) groups is 1. The summed E-state index contributed by atoms with van der Waals surface area (Å²) in [6.07, 6.45) is 10.1. The smallest absolute Gasteiger partial charge is 0.319 e. The highest BCUT2D eigenvalue weighted by molar-refractivity contribution is 6.32. The summed E-state index contributed by atoms with van der Waals surface area (Å²) in [5, 5.41) is 6.02. The van der Waals surface area contributed by atoms with Crippen molar-refractivity contribution in [3.63, 3.8) is 0 Å². The van der Waals surface area contributed by atoms with Gasteiger partial charge in [0.1, 0.15) is 0 Å². The SMILES string of the molecule is O=C(Nc1cccnc1Cl)N[C@H]1CCC[C@@H]1n1ccnc1. The number of nitrogens with one attached hydrogen (secondary N) is 2. The van der Waals surface area contributed by atoms with Gasteiger partial charge in [0.05, 0.1) is 24.1 Å². The number of hydrogen-bond donors (Lipinski definition) is 2. The first-order valence-corrected chi connectivity index (χ1v) is 7.27. The molecule has 2 aromatic rings. The van der Waals surface area contributed by atoms with Crippen LogP contribution in [-0.2, 0) is 0 Å². The number of halogens is 1. The van der Waals surface area contributed by atoms with Gasteiger partial charge in [-0.2, -0.15) is 0 Å². The van der Waals surface area contributed by atoms with Crippen molar-refractivity contribution in [2.75, 3.05) is 5.32 Å². The van der Waals surface area contributed by atoms with Crippen LogP contribution in [0.15, 0.2) is 37.1 Å². The lowest BCUT2D eigenvalue weighted by molar-refractivity contribution is 0.245. The Labute approximate surface area is 127 Å². The summed E-state index contributed by atoms with van der Waals surface area (Å²) in [4.78, 5) is 20.1. The molecule has 0 aliphatic heterocycles. The van der Waals surface area contributed by atoms with Crippen molar-refractivity contribution < 1.29 is 4.79 Å². The first kappa shape index (κ1) is 13.9. The van der Waals surface area contributed by atoms with E-state index in [1.165, 1.54) is 0 Å². The number of nitrogens with zero attached hydrogens (tertiary/aromatic N) is 3. The van der Waals surface area contributed by atoms with E-state index in [0.29, 0.717) is 5.69 Å². The van der Waals surface area contributed by atoms with Gasteiger partial charge < -0.3 is 15.2 Å². The molecule has 0 saturated heterocycles. The van der Waals surface area contributed by atoms with Crippen molar-refractivity contribution in [1.29, 1.82) is 0 Å². The molecule has 7 heteroatoms. The molecule has 6 nitrogen and oxygen atoms in total. The molecule has 1 aliphatic rings. The highest BCUT2D eigenvalue weighted by Gasteiger charge is 2.29. The number of amides is 2. The van der Waals surface area contributed by atoms with Gasteiger partial charge in [-0.1, -0.05) is 11.6 Å². The summed E-state index contributed by atoms with van der Waals surface area (Å²) in [6, 6.07) is 3.53. The van der Waals surface area contributed by atoms with Crippen LogP contribution in [0.1, 0.15) is 25.3 Å². The van der Waals surface area contributed by atoms with Gasteiger partial charge in [0.2, 0.25) is 0 Å². The number of aromatic nitrogens is 3. The van der Waals surface area contributed by atoms with E-state index in [4.69, 9.17) is 11.6 Å². The number of rotatable bonds is 3. The van der Waals surface area contributed by atoms with E-state index >= 15 is 0 Å². The molecule has 2 heterocycles. The molecule has 0 unspecified atom stereocenters. The summed E-state index contributed by atoms with van der Waals surface area (Å²) < 4.78 is 2.05. The lowest BCUT2D eigenvalue weighted by Gasteiger charge is -2.22. The Morgan fingerprint density at radius 2 is 2.29 bits per heavy atom. The maximum Gasteiger partial charge on any atom is 0.319 e. The lowest BCUT2D eigenvalue weighted by Crippen LogP contribution is -2.40. The third kappa shape index (κ3) is 3.16. The first-order valence-electron chi connectivity index (χ1n) is 6.89. The van der Waals surface area contributed by atoms with Gasteiger partial charge in [-0.3, -0.25) is 0 Å². The molecule has 2 N–H and O–H groups in total. The fourth-order valence-electron chi connectivity index (χ4n) is 2.74. The maximum atomic E-state index is 12.1. The summed E-state index contributed by atoms with van der Waals surface area (Å²) in [6.45, 7) is 0. The molecular formula is C14H16ClN5O. The molecule has 1 saturated carbocycles. The van der Waals surface area contributed by atoms with Gasteiger partial charge >= 0.3 is 6.03 Å². The van der Waals surface area contributed by atoms with Crippen LogP contribution < -0.4 is 10.6 Å². The minimum absolute atomic E-state index is 0.0923. The van der Waals surface area contributed by atoms with E-state index in [9.17, 15) is 4.79 Å². The maximum absolute atomic E-state index is 12.1. The summed E-state index contributed by atoms with van der Waals surface area (Å²) in [5.74, 6) is 0. The Hall–Kier alpha value is -2.08. The Balaban J connectivity index is 1.63. The van der Waals surface area contributed by atoms with Crippen LogP contribution in [-0.4, -0.2) is 26.6 Å². The van der Waals surface area contributed by atoms with Crippen LogP contribution in [0.3, 0.4) is 0 Å². The van der Waals surface area contributed by atoms with Crippen LogP contribution in [0.4, 0.5) is 10.5 Å². The fraction of sp³-hybridized carbons (Fsp3) is 0.357. The molecule has 2 amide bonds. The average molecular weight is 306 g/mol. The molecule has 0 aromatic carbocycles. The summed E-state index contributed by atoms with van der Waals surface area (Å²) in [5.41, 5.74) is 0.508. The molecular weight excluding hydrogens is 290 g/mol. The lowest BCUT2D eigenvalue weighted by atomic mass is 10.2. The normalized spacial score (nSPS) is 21.2. The minimum Gasteiger partial charge on any atom is -0.333 e. The zero-order chi connectivity index (χ0) is 14.7. The van der Waals surface area contributed by atoms with Crippen LogP contribution in [0, 0.1) is 0 Å². The summed E-state index contributed by atoms with van der Waals surface area (Å²) in [7, 11) is 0. The Bertz CT molecular complexity index is 616. The van der Waals surface area contributed by atoms with Gasteiger partial charge in [-0.15, -0.1) is 0 Å². The number of hydrogen-bond acceptors (Lipinski definition) is 3. The van der Waals surface area contributed by atoms with Crippen molar-refractivity contribution in [2.45, 2.75) is 31.3 Å². The minimum atomic E-state index is -0.262. The third-order valence-electron chi connectivity index (χ3n) is 3.71. The molecule has 110 valence electrons. The highest BCUT2D eigenvalue weighted by Crippen LogP contribution is 2.30. The quantitative estimate of drug-likeness (QED) is 0.857. The fourth-order valence-corrected chi connectivity index (χ4v) is 2.90. The molecule has 1 fully saturated rings. The molecule has 3 rings (SSSR count). The number of anilines is 1. The molecule has 0 spiro atoms. The van der Waals surface area contributed by atoms with Gasteiger partial charge in [-0.25, -0.2) is 14.8 Å². The van der Waals surface area contributed by atoms with Gasteiger partial charge in [0.25, 0.3) is 0 Å². The number of carbonyl (C=O) groups excluding carboxylic acids is 1. The molecule has 21 heavy (non-hydrogen) atoms. The Morgan fingerprint density at radius 3 is 3.05 bits per heavy atom. The van der Waals surface area contributed by atoms with E-state index in [2.05, 4.69) is 25.2 Å². The highest BCUT2D eigenvalue weighted by atomic mass is 35.5. The van der Waals surface area contributed by atoms with Crippen molar-refractivity contribution in [2.24, 2.45) is 0 Å². The predicted octanol–water partition coefficient (Wildman–Crippen LogP) is 2.85. The second-order valence-corrected chi connectivity index (χ2v) is 5.41. The monoisotopic (exact) mass is 305 g/mol.